The lowest BCUT2D eigenvalue weighted by atomic mass is 9.70. The molecule has 0 spiro atoms. The smallest absolute Gasteiger partial charge is 0.326 e. The van der Waals surface area contributed by atoms with Crippen LogP contribution in [0.3, 0.4) is 0 Å². The lowest BCUT2D eigenvalue weighted by Gasteiger charge is -2.37. The van der Waals surface area contributed by atoms with Gasteiger partial charge in [0, 0.05) is 5.41 Å². The van der Waals surface area contributed by atoms with Crippen molar-refractivity contribution in [3.05, 3.63) is 0 Å². The zero-order valence-corrected chi connectivity index (χ0v) is 15.4. The fourth-order valence-corrected chi connectivity index (χ4v) is 3.52. The van der Waals surface area contributed by atoms with Gasteiger partial charge in [0.05, 0.1) is 0 Å². The molecule has 2 N–H and O–H groups in total. The number of carbonyl (C=O) groups excluding carboxylic acids is 1. The lowest BCUT2D eigenvalue weighted by molar-refractivity contribution is -0.144. The Labute approximate surface area is 141 Å². The summed E-state index contributed by atoms with van der Waals surface area (Å²) in [7, 11) is 0. The van der Waals surface area contributed by atoms with Crippen LogP contribution in [-0.4, -0.2) is 23.0 Å². The van der Waals surface area contributed by atoms with Crippen LogP contribution in [0.1, 0.15) is 85.5 Å². The van der Waals surface area contributed by atoms with E-state index in [0.29, 0.717) is 6.42 Å². The molecular formula is C19H35NO3. The van der Waals surface area contributed by atoms with E-state index in [2.05, 4.69) is 19.2 Å². The average molecular weight is 325 g/mol. The van der Waals surface area contributed by atoms with Gasteiger partial charge in [0.1, 0.15) is 6.04 Å². The third-order valence-electron chi connectivity index (χ3n) is 5.33. The van der Waals surface area contributed by atoms with E-state index in [9.17, 15) is 14.7 Å². The summed E-state index contributed by atoms with van der Waals surface area (Å²) in [5.74, 6) is 0.506. The predicted molar refractivity (Wildman–Crippen MR) is 93.2 cm³/mol. The number of hydrogen-bond acceptors (Lipinski definition) is 2. The largest absolute Gasteiger partial charge is 0.480 e. The Morgan fingerprint density at radius 2 is 1.83 bits per heavy atom. The van der Waals surface area contributed by atoms with Crippen molar-refractivity contribution in [2.24, 2.45) is 17.3 Å². The first kappa shape index (κ1) is 20.0. The first-order valence-electron chi connectivity index (χ1n) is 9.32. The van der Waals surface area contributed by atoms with Crippen LogP contribution in [-0.2, 0) is 9.59 Å². The zero-order valence-electron chi connectivity index (χ0n) is 15.4. The summed E-state index contributed by atoms with van der Waals surface area (Å²) in [6.07, 6.45) is 9.02. The molecule has 0 heterocycles. The molecule has 1 aliphatic carbocycles. The van der Waals surface area contributed by atoms with Crippen molar-refractivity contribution in [2.45, 2.75) is 91.5 Å². The SMILES string of the molecule is CCCC(NC(=O)C1(C)CCC(CCCC(C)C)CC1)C(=O)O. The van der Waals surface area contributed by atoms with Gasteiger partial charge in [-0.1, -0.05) is 53.4 Å². The maximum atomic E-state index is 12.5. The minimum atomic E-state index is -0.925. The highest BCUT2D eigenvalue weighted by molar-refractivity contribution is 5.87. The van der Waals surface area contributed by atoms with Crippen molar-refractivity contribution in [1.82, 2.24) is 5.32 Å². The quantitative estimate of drug-likeness (QED) is 0.661. The number of carbonyl (C=O) groups is 2. The zero-order chi connectivity index (χ0) is 17.5. The second-order valence-corrected chi connectivity index (χ2v) is 7.98. The van der Waals surface area contributed by atoms with Crippen molar-refractivity contribution in [1.29, 1.82) is 0 Å². The van der Waals surface area contributed by atoms with E-state index in [-0.39, 0.29) is 5.91 Å². The monoisotopic (exact) mass is 325 g/mol. The van der Waals surface area contributed by atoms with Crippen LogP contribution < -0.4 is 5.32 Å². The summed E-state index contributed by atoms with van der Waals surface area (Å²) >= 11 is 0. The molecule has 1 fully saturated rings. The second-order valence-electron chi connectivity index (χ2n) is 7.98. The van der Waals surface area contributed by atoms with E-state index in [0.717, 1.165) is 43.9 Å². The molecule has 1 rings (SSSR count). The van der Waals surface area contributed by atoms with Crippen LogP contribution in [0.2, 0.25) is 0 Å². The summed E-state index contributed by atoms with van der Waals surface area (Å²) in [5, 5.41) is 12.0. The summed E-state index contributed by atoms with van der Waals surface area (Å²) in [5.41, 5.74) is -0.393. The first-order valence-corrected chi connectivity index (χ1v) is 9.32. The van der Waals surface area contributed by atoms with Gasteiger partial charge >= 0.3 is 5.97 Å². The molecule has 4 heteroatoms. The van der Waals surface area contributed by atoms with E-state index < -0.39 is 17.4 Å². The van der Waals surface area contributed by atoms with Gasteiger partial charge in [0.2, 0.25) is 5.91 Å². The molecule has 1 atom stereocenters. The van der Waals surface area contributed by atoms with Crippen LogP contribution in [0.25, 0.3) is 0 Å². The van der Waals surface area contributed by atoms with Gasteiger partial charge in [-0.25, -0.2) is 4.79 Å². The number of carboxylic acids is 1. The normalized spacial score (nSPS) is 26.0. The summed E-state index contributed by atoms with van der Waals surface area (Å²) in [6, 6.07) is -0.743. The molecule has 0 bridgehead atoms. The minimum Gasteiger partial charge on any atom is -0.480 e. The number of rotatable bonds is 9. The third kappa shape index (κ3) is 6.52. The van der Waals surface area contributed by atoms with E-state index in [4.69, 9.17) is 0 Å². The molecule has 0 aliphatic heterocycles. The predicted octanol–water partition coefficient (Wildman–Crippen LogP) is 4.38. The Bertz CT molecular complexity index is 384. The molecule has 134 valence electrons. The Hall–Kier alpha value is -1.06. The maximum absolute atomic E-state index is 12.5. The highest BCUT2D eigenvalue weighted by atomic mass is 16.4. The minimum absolute atomic E-state index is 0.0704. The van der Waals surface area contributed by atoms with Crippen molar-refractivity contribution in [3.8, 4) is 0 Å². The molecule has 1 amide bonds. The van der Waals surface area contributed by atoms with Gasteiger partial charge in [-0.3, -0.25) is 4.79 Å². The third-order valence-corrected chi connectivity index (χ3v) is 5.33. The van der Waals surface area contributed by atoms with E-state index in [1.807, 2.05) is 13.8 Å². The van der Waals surface area contributed by atoms with Gasteiger partial charge in [0.15, 0.2) is 0 Å². The van der Waals surface area contributed by atoms with Gasteiger partial charge in [-0.2, -0.15) is 0 Å². The van der Waals surface area contributed by atoms with Gasteiger partial charge in [0.25, 0.3) is 0 Å². The fourth-order valence-electron chi connectivity index (χ4n) is 3.52. The van der Waals surface area contributed by atoms with Crippen LogP contribution >= 0.6 is 0 Å². The van der Waals surface area contributed by atoms with E-state index >= 15 is 0 Å². The standard InChI is InChI=1S/C19H35NO3/c1-5-7-16(17(21)22)20-18(23)19(4)12-10-15(11-13-19)9-6-8-14(2)3/h14-16H,5-13H2,1-4H3,(H,20,23)(H,21,22). The fraction of sp³-hybridized carbons (Fsp3) is 0.895. The maximum Gasteiger partial charge on any atom is 0.326 e. The molecule has 0 aromatic heterocycles. The topological polar surface area (TPSA) is 66.4 Å². The number of carboxylic acid groups (broad SMARTS) is 1. The molecule has 0 saturated heterocycles. The highest BCUT2D eigenvalue weighted by Gasteiger charge is 2.38. The molecule has 0 aromatic carbocycles. The molecule has 1 saturated carbocycles. The van der Waals surface area contributed by atoms with Crippen molar-refractivity contribution >= 4 is 11.9 Å². The summed E-state index contributed by atoms with van der Waals surface area (Å²) in [6.45, 7) is 8.46. The number of amides is 1. The van der Waals surface area contributed by atoms with Crippen LogP contribution in [0.15, 0.2) is 0 Å². The second kappa shape index (κ2) is 9.29. The Morgan fingerprint density at radius 1 is 1.22 bits per heavy atom. The number of nitrogens with one attached hydrogen (secondary N) is 1. The first-order chi connectivity index (χ1) is 10.8. The van der Waals surface area contributed by atoms with Crippen LogP contribution in [0.5, 0.6) is 0 Å². The van der Waals surface area contributed by atoms with Gasteiger partial charge in [-0.15, -0.1) is 0 Å². The molecular weight excluding hydrogens is 290 g/mol. The molecule has 0 aromatic rings. The summed E-state index contributed by atoms with van der Waals surface area (Å²) in [4.78, 5) is 23.8. The molecule has 0 radical (unpaired) electrons. The van der Waals surface area contributed by atoms with E-state index in [1.54, 1.807) is 0 Å². The summed E-state index contributed by atoms with van der Waals surface area (Å²) < 4.78 is 0. The van der Waals surface area contributed by atoms with E-state index in [1.165, 1.54) is 19.3 Å². The van der Waals surface area contributed by atoms with Gasteiger partial charge in [-0.05, 0) is 43.9 Å². The Kier molecular flexibility index (Phi) is 8.07. The van der Waals surface area contributed by atoms with Crippen molar-refractivity contribution in [3.63, 3.8) is 0 Å². The molecule has 4 nitrogen and oxygen atoms in total. The van der Waals surface area contributed by atoms with Gasteiger partial charge < -0.3 is 10.4 Å². The molecule has 1 aliphatic rings. The number of aliphatic carboxylic acids is 1. The Morgan fingerprint density at radius 3 is 2.30 bits per heavy atom. The van der Waals surface area contributed by atoms with Crippen molar-refractivity contribution < 1.29 is 14.7 Å². The highest BCUT2D eigenvalue weighted by Crippen LogP contribution is 2.40. The number of hydrogen-bond donors (Lipinski definition) is 2. The lowest BCUT2D eigenvalue weighted by Crippen LogP contribution is -2.48. The average Bonchev–Trinajstić information content (AvgIpc) is 2.48. The molecule has 23 heavy (non-hydrogen) atoms. The molecule has 1 unspecified atom stereocenters. The Balaban J connectivity index is 2.45. The van der Waals surface area contributed by atoms with Crippen LogP contribution in [0, 0.1) is 17.3 Å². The van der Waals surface area contributed by atoms with Crippen molar-refractivity contribution in [2.75, 3.05) is 0 Å². The van der Waals surface area contributed by atoms with Crippen LogP contribution in [0.4, 0.5) is 0 Å².